The highest BCUT2D eigenvalue weighted by atomic mass is 31.2. The summed E-state index contributed by atoms with van der Waals surface area (Å²) in [6.07, 6.45) is 1.50. The molecule has 0 heterocycles. The van der Waals surface area contributed by atoms with E-state index < -0.39 is 31.9 Å². The standard InChI is InChI=1S/C29H28F2NO5P/c1-3-4-16-36-28(35)19(2)32-38(37-26-11-7-9-21-8-5-6-10-25(21)26)29(30,31)24-15-14-20-12-13-22(27(33)34)17-23(20)18-24/h5-15,17-19,32H,3-4,16H2,1-2H3,(H,33,34). The third kappa shape index (κ3) is 6.09. The molecule has 0 saturated heterocycles. The first-order valence-electron chi connectivity index (χ1n) is 12.2. The van der Waals surface area contributed by atoms with Gasteiger partial charge >= 0.3 is 17.6 Å². The van der Waals surface area contributed by atoms with Crippen LogP contribution in [0.3, 0.4) is 0 Å². The van der Waals surface area contributed by atoms with Gasteiger partial charge in [-0.15, -0.1) is 0 Å². The largest absolute Gasteiger partial charge is 0.478 e. The average molecular weight is 540 g/mol. The van der Waals surface area contributed by atoms with Gasteiger partial charge in [0.25, 0.3) is 0 Å². The number of fused-ring (bicyclic) bond motifs is 2. The second kappa shape index (κ2) is 11.8. The topological polar surface area (TPSA) is 84.9 Å². The van der Waals surface area contributed by atoms with Crippen LogP contribution < -0.4 is 9.61 Å². The molecule has 0 saturated carbocycles. The van der Waals surface area contributed by atoms with Gasteiger partial charge in [-0.1, -0.05) is 67.9 Å². The molecule has 0 fully saturated rings. The zero-order chi connectivity index (χ0) is 27.3. The monoisotopic (exact) mass is 539 g/mol. The molecule has 0 aliphatic carbocycles. The van der Waals surface area contributed by atoms with Crippen LogP contribution in [0.1, 0.15) is 42.6 Å². The number of aromatic carboxylic acids is 1. The second-order valence-electron chi connectivity index (χ2n) is 8.86. The van der Waals surface area contributed by atoms with Crippen LogP contribution in [-0.4, -0.2) is 29.7 Å². The van der Waals surface area contributed by atoms with Crippen LogP contribution in [0.25, 0.3) is 21.5 Å². The van der Waals surface area contributed by atoms with Crippen LogP contribution in [-0.2, 0) is 15.2 Å². The summed E-state index contributed by atoms with van der Waals surface area (Å²) in [7, 11) is -2.80. The quantitative estimate of drug-likeness (QED) is 0.117. The van der Waals surface area contributed by atoms with Crippen molar-refractivity contribution in [3.8, 4) is 5.75 Å². The summed E-state index contributed by atoms with van der Waals surface area (Å²) in [5.74, 6) is -1.54. The summed E-state index contributed by atoms with van der Waals surface area (Å²) >= 11 is 0. The summed E-state index contributed by atoms with van der Waals surface area (Å²) in [5, 5.41) is 14.5. The lowest BCUT2D eigenvalue weighted by molar-refractivity contribution is -0.145. The van der Waals surface area contributed by atoms with Gasteiger partial charge in [0.2, 0.25) is 8.30 Å². The van der Waals surface area contributed by atoms with Crippen LogP contribution in [0.2, 0.25) is 0 Å². The molecule has 2 atom stereocenters. The maximum atomic E-state index is 16.2. The summed E-state index contributed by atoms with van der Waals surface area (Å²) in [6, 6.07) is 19.8. The fourth-order valence-corrected chi connectivity index (χ4v) is 5.41. The predicted octanol–water partition coefficient (Wildman–Crippen LogP) is 7.45. The molecule has 4 aromatic carbocycles. The number of benzene rings is 4. The zero-order valence-corrected chi connectivity index (χ0v) is 21.9. The van der Waals surface area contributed by atoms with Gasteiger partial charge in [-0.2, -0.15) is 8.78 Å². The minimum absolute atomic E-state index is 0.00573. The van der Waals surface area contributed by atoms with E-state index >= 15 is 8.78 Å². The number of nitrogens with one attached hydrogen (secondary N) is 1. The van der Waals surface area contributed by atoms with E-state index in [1.165, 1.54) is 37.3 Å². The third-order valence-corrected chi connectivity index (χ3v) is 7.80. The number of carboxylic acids is 1. The van der Waals surface area contributed by atoms with Gasteiger partial charge in [-0.3, -0.25) is 4.79 Å². The third-order valence-electron chi connectivity index (χ3n) is 6.04. The van der Waals surface area contributed by atoms with E-state index in [9.17, 15) is 14.7 Å². The van der Waals surface area contributed by atoms with E-state index in [2.05, 4.69) is 5.09 Å². The minimum atomic E-state index is -3.56. The maximum Gasteiger partial charge on any atom is 0.339 e. The van der Waals surface area contributed by atoms with Gasteiger partial charge in [0.05, 0.1) is 12.2 Å². The van der Waals surface area contributed by atoms with Crippen LogP contribution >= 0.6 is 8.30 Å². The first-order chi connectivity index (χ1) is 18.2. The molecule has 9 heteroatoms. The Hall–Kier alpha value is -3.61. The SMILES string of the molecule is CCCCOC(=O)C(C)NP(Oc1cccc2ccccc12)C(F)(F)c1ccc2ccc(C(=O)O)cc2c1. The summed E-state index contributed by atoms with van der Waals surface area (Å²) in [5.41, 5.74) is -3.93. The number of hydrogen-bond acceptors (Lipinski definition) is 5. The average Bonchev–Trinajstić information content (AvgIpc) is 2.92. The van der Waals surface area contributed by atoms with Crippen molar-refractivity contribution >= 4 is 41.8 Å². The molecule has 0 radical (unpaired) electrons. The van der Waals surface area contributed by atoms with Crippen molar-refractivity contribution in [3.63, 3.8) is 0 Å². The molecule has 6 nitrogen and oxygen atoms in total. The van der Waals surface area contributed by atoms with E-state index in [4.69, 9.17) is 9.26 Å². The number of rotatable bonds is 11. The number of carbonyl (C=O) groups is 2. The van der Waals surface area contributed by atoms with Crippen molar-refractivity contribution in [1.82, 2.24) is 5.09 Å². The molecule has 0 amide bonds. The number of esters is 1. The molecule has 0 aliphatic rings. The molecule has 2 unspecified atom stereocenters. The van der Waals surface area contributed by atoms with E-state index in [1.54, 1.807) is 30.3 Å². The molecule has 0 bridgehead atoms. The fraction of sp³-hybridized carbons (Fsp3) is 0.241. The maximum absolute atomic E-state index is 16.2. The second-order valence-corrected chi connectivity index (χ2v) is 10.4. The number of ether oxygens (including phenoxy) is 1. The number of hydrogen-bond donors (Lipinski definition) is 2. The number of alkyl halides is 2. The van der Waals surface area contributed by atoms with Crippen LogP contribution in [0.15, 0.2) is 78.9 Å². The molecule has 4 aromatic rings. The molecular weight excluding hydrogens is 511 g/mol. The van der Waals surface area contributed by atoms with Crippen molar-refractivity contribution in [1.29, 1.82) is 0 Å². The van der Waals surface area contributed by atoms with E-state index in [1.807, 2.05) is 25.1 Å². The highest BCUT2D eigenvalue weighted by Gasteiger charge is 2.46. The molecule has 198 valence electrons. The van der Waals surface area contributed by atoms with E-state index in [-0.39, 0.29) is 23.5 Å². The Labute approximate surface area is 220 Å². The van der Waals surface area contributed by atoms with Crippen molar-refractivity contribution in [2.24, 2.45) is 0 Å². The molecular formula is C29H28F2NO5P. The lowest BCUT2D eigenvalue weighted by Crippen LogP contribution is -2.36. The Morgan fingerprint density at radius 2 is 1.71 bits per heavy atom. The van der Waals surface area contributed by atoms with E-state index in [0.29, 0.717) is 22.6 Å². The highest BCUT2D eigenvalue weighted by molar-refractivity contribution is 7.51. The van der Waals surface area contributed by atoms with Crippen molar-refractivity contribution in [2.75, 3.05) is 6.61 Å². The predicted molar refractivity (Wildman–Crippen MR) is 145 cm³/mol. The first-order valence-corrected chi connectivity index (χ1v) is 13.5. The Morgan fingerprint density at radius 3 is 2.47 bits per heavy atom. The van der Waals surface area contributed by atoms with Gasteiger partial charge < -0.3 is 14.4 Å². The highest BCUT2D eigenvalue weighted by Crippen LogP contribution is 2.57. The van der Waals surface area contributed by atoms with Gasteiger partial charge in [0.15, 0.2) is 0 Å². The van der Waals surface area contributed by atoms with Gasteiger partial charge in [-0.25, -0.2) is 9.88 Å². The van der Waals surface area contributed by atoms with Crippen LogP contribution in [0, 0.1) is 0 Å². The molecule has 0 aliphatic heterocycles. The summed E-state index contributed by atoms with van der Waals surface area (Å²) in [4.78, 5) is 23.9. The molecule has 4 rings (SSSR count). The smallest absolute Gasteiger partial charge is 0.339 e. The van der Waals surface area contributed by atoms with Crippen molar-refractivity contribution < 1.29 is 32.7 Å². The fourth-order valence-electron chi connectivity index (χ4n) is 3.89. The Morgan fingerprint density at radius 1 is 0.974 bits per heavy atom. The molecule has 2 N–H and O–H groups in total. The van der Waals surface area contributed by atoms with Gasteiger partial charge in [-0.05, 0) is 53.8 Å². The number of carbonyl (C=O) groups excluding carboxylic acids is 1. The number of unbranched alkanes of at least 4 members (excludes halogenated alkanes) is 1. The van der Waals surface area contributed by atoms with Gasteiger partial charge in [0, 0.05) is 10.9 Å². The number of halogens is 2. The van der Waals surface area contributed by atoms with Crippen LogP contribution in [0.4, 0.5) is 8.78 Å². The molecule has 0 aromatic heterocycles. The van der Waals surface area contributed by atoms with Crippen LogP contribution in [0.5, 0.6) is 5.75 Å². The minimum Gasteiger partial charge on any atom is -0.478 e. The Balaban J connectivity index is 1.71. The summed E-state index contributed by atoms with van der Waals surface area (Å²) < 4.78 is 43.6. The van der Waals surface area contributed by atoms with Crippen molar-refractivity contribution in [2.45, 2.75) is 38.4 Å². The lowest BCUT2D eigenvalue weighted by Gasteiger charge is -2.30. The zero-order valence-electron chi connectivity index (χ0n) is 21.0. The Kier molecular flexibility index (Phi) is 8.55. The lowest BCUT2D eigenvalue weighted by atomic mass is 10.0. The molecule has 0 spiro atoms. The normalized spacial score (nSPS) is 13.3. The Bertz CT molecular complexity index is 1460. The molecule has 38 heavy (non-hydrogen) atoms. The number of carboxylic acid groups (broad SMARTS) is 1. The van der Waals surface area contributed by atoms with Gasteiger partial charge in [0.1, 0.15) is 11.8 Å². The van der Waals surface area contributed by atoms with E-state index in [0.717, 1.165) is 11.8 Å². The van der Waals surface area contributed by atoms with Crippen molar-refractivity contribution in [3.05, 3.63) is 90.0 Å². The first kappa shape index (κ1) is 27.4. The summed E-state index contributed by atoms with van der Waals surface area (Å²) in [6.45, 7) is 3.62.